The van der Waals surface area contributed by atoms with Crippen LogP contribution in [0.3, 0.4) is 0 Å². The van der Waals surface area contributed by atoms with Gasteiger partial charge in [-0.25, -0.2) is 4.39 Å². The number of aromatic nitrogens is 1. The molecule has 2 aromatic carbocycles. The number of carbonyl (C=O) groups is 1. The number of carbonyl (C=O) groups excluding carboxylic acids is 1. The van der Waals surface area contributed by atoms with Gasteiger partial charge in [0.15, 0.2) is 6.29 Å². The lowest BCUT2D eigenvalue weighted by molar-refractivity contribution is 0.111. The molecule has 0 aliphatic carbocycles. The molecule has 0 radical (unpaired) electrons. The Balaban J connectivity index is 1.89. The molecule has 0 N–H and O–H groups in total. The molecule has 0 saturated carbocycles. The van der Waals surface area contributed by atoms with Gasteiger partial charge in [-0.3, -0.25) is 9.78 Å². The van der Waals surface area contributed by atoms with Gasteiger partial charge in [0.05, 0.1) is 11.1 Å². The summed E-state index contributed by atoms with van der Waals surface area (Å²) in [7, 11) is 0. The Kier molecular flexibility index (Phi) is 3.60. The molecule has 0 saturated heterocycles. The van der Waals surface area contributed by atoms with E-state index in [1.165, 1.54) is 12.1 Å². The first kappa shape index (κ1) is 13.2. The molecule has 3 nitrogen and oxygen atoms in total. The van der Waals surface area contributed by atoms with Crippen LogP contribution in [0.1, 0.15) is 15.9 Å². The van der Waals surface area contributed by atoms with Crippen LogP contribution in [-0.4, -0.2) is 11.3 Å². The van der Waals surface area contributed by atoms with Crippen molar-refractivity contribution in [2.24, 2.45) is 0 Å². The molecule has 104 valence electrons. The Morgan fingerprint density at radius 2 is 2.00 bits per heavy atom. The average molecular weight is 281 g/mol. The second-order valence-corrected chi connectivity index (χ2v) is 4.58. The van der Waals surface area contributed by atoms with Crippen LogP contribution in [-0.2, 0) is 6.61 Å². The third-order valence-corrected chi connectivity index (χ3v) is 3.22. The number of hydrogen-bond acceptors (Lipinski definition) is 3. The van der Waals surface area contributed by atoms with Crippen LogP contribution in [0, 0.1) is 5.82 Å². The minimum atomic E-state index is -0.459. The number of nitrogens with zero attached hydrogens (tertiary/aromatic N) is 1. The number of hydrogen-bond donors (Lipinski definition) is 0. The third kappa shape index (κ3) is 2.74. The molecule has 0 fully saturated rings. The first-order valence-corrected chi connectivity index (χ1v) is 6.48. The highest BCUT2D eigenvalue weighted by Crippen LogP contribution is 2.22. The van der Waals surface area contributed by atoms with Gasteiger partial charge in [-0.15, -0.1) is 0 Å². The van der Waals surface area contributed by atoms with Crippen LogP contribution in [0.4, 0.5) is 4.39 Å². The zero-order valence-electron chi connectivity index (χ0n) is 11.1. The van der Waals surface area contributed by atoms with Crippen molar-refractivity contribution in [1.82, 2.24) is 4.98 Å². The largest absolute Gasteiger partial charge is 0.488 e. The van der Waals surface area contributed by atoms with Crippen LogP contribution in [0.25, 0.3) is 10.9 Å². The molecule has 1 heterocycles. The van der Waals surface area contributed by atoms with E-state index in [0.29, 0.717) is 12.0 Å². The fourth-order valence-corrected chi connectivity index (χ4v) is 2.18. The Labute approximate surface area is 121 Å². The number of pyridine rings is 1. The highest BCUT2D eigenvalue weighted by atomic mass is 19.1. The van der Waals surface area contributed by atoms with Crippen molar-refractivity contribution in [1.29, 1.82) is 0 Å². The van der Waals surface area contributed by atoms with Crippen LogP contribution in [0.5, 0.6) is 5.75 Å². The molecular formula is C17H12FNO2. The molecule has 0 amide bonds. The molecule has 0 spiro atoms. The van der Waals surface area contributed by atoms with Gasteiger partial charge < -0.3 is 4.74 Å². The number of aldehydes is 1. The van der Waals surface area contributed by atoms with E-state index in [-0.39, 0.29) is 12.2 Å². The van der Waals surface area contributed by atoms with Crippen LogP contribution in [0.2, 0.25) is 0 Å². The van der Waals surface area contributed by atoms with Gasteiger partial charge in [-0.05, 0) is 30.3 Å². The Bertz CT molecular complexity index is 796. The maximum Gasteiger partial charge on any atom is 0.153 e. The summed E-state index contributed by atoms with van der Waals surface area (Å²) in [5.41, 5.74) is 2.04. The van der Waals surface area contributed by atoms with Crippen LogP contribution < -0.4 is 4.74 Å². The van der Waals surface area contributed by atoms with E-state index < -0.39 is 5.82 Å². The maximum absolute atomic E-state index is 13.1. The van der Waals surface area contributed by atoms with Crippen LogP contribution in [0.15, 0.2) is 54.7 Å². The number of halogens is 1. The van der Waals surface area contributed by atoms with Crippen molar-refractivity contribution in [2.75, 3.05) is 0 Å². The molecule has 4 heteroatoms. The number of rotatable bonds is 4. The smallest absolute Gasteiger partial charge is 0.153 e. The summed E-state index contributed by atoms with van der Waals surface area (Å²) in [6.07, 6.45) is 2.30. The quantitative estimate of drug-likeness (QED) is 0.683. The lowest BCUT2D eigenvalue weighted by Gasteiger charge is -2.10. The van der Waals surface area contributed by atoms with E-state index in [0.717, 1.165) is 22.5 Å². The molecule has 0 atom stereocenters. The molecule has 3 rings (SSSR count). The fraction of sp³-hybridized carbons (Fsp3) is 0.0588. The monoisotopic (exact) mass is 281 g/mol. The summed E-state index contributed by atoms with van der Waals surface area (Å²) in [5.74, 6) is -0.0916. The van der Waals surface area contributed by atoms with Crippen molar-refractivity contribution in [3.05, 3.63) is 71.7 Å². The Morgan fingerprint density at radius 1 is 1.14 bits per heavy atom. The Morgan fingerprint density at radius 3 is 2.86 bits per heavy atom. The molecule has 3 aromatic rings. The van der Waals surface area contributed by atoms with Crippen molar-refractivity contribution < 1.29 is 13.9 Å². The van der Waals surface area contributed by atoms with E-state index in [9.17, 15) is 9.18 Å². The summed E-state index contributed by atoms with van der Waals surface area (Å²) in [6, 6.07) is 13.5. The second-order valence-electron chi connectivity index (χ2n) is 4.58. The molecule has 0 bridgehead atoms. The second kappa shape index (κ2) is 5.71. The van der Waals surface area contributed by atoms with Crippen molar-refractivity contribution in [3.63, 3.8) is 0 Å². The number of fused-ring (bicyclic) bond motifs is 1. The number of para-hydroxylation sites is 1. The van der Waals surface area contributed by atoms with E-state index in [1.54, 1.807) is 6.20 Å². The van der Waals surface area contributed by atoms with E-state index in [4.69, 9.17) is 4.74 Å². The summed E-state index contributed by atoms with van der Waals surface area (Å²) in [5, 5.41) is 0.995. The van der Waals surface area contributed by atoms with Gasteiger partial charge >= 0.3 is 0 Å². The Hall–Kier alpha value is -2.75. The summed E-state index contributed by atoms with van der Waals surface area (Å²) >= 11 is 0. The normalized spacial score (nSPS) is 10.5. The van der Waals surface area contributed by atoms with Crippen molar-refractivity contribution in [2.45, 2.75) is 6.61 Å². The predicted octanol–water partition coefficient (Wildman–Crippen LogP) is 3.77. The molecule has 21 heavy (non-hydrogen) atoms. The van der Waals surface area contributed by atoms with Gasteiger partial charge in [0.1, 0.15) is 18.2 Å². The summed E-state index contributed by atoms with van der Waals surface area (Å²) < 4.78 is 18.7. The summed E-state index contributed by atoms with van der Waals surface area (Å²) in [6.45, 7) is 0.287. The molecule has 0 aliphatic heterocycles. The maximum atomic E-state index is 13.1. The lowest BCUT2D eigenvalue weighted by Crippen LogP contribution is -2.00. The summed E-state index contributed by atoms with van der Waals surface area (Å²) in [4.78, 5) is 15.2. The van der Waals surface area contributed by atoms with Crippen molar-refractivity contribution >= 4 is 17.2 Å². The highest BCUT2D eigenvalue weighted by molar-refractivity contribution is 5.82. The number of benzene rings is 2. The third-order valence-electron chi connectivity index (χ3n) is 3.22. The van der Waals surface area contributed by atoms with Crippen LogP contribution >= 0.6 is 0 Å². The number of ether oxygens (including phenoxy) is 1. The molecular weight excluding hydrogens is 269 g/mol. The van der Waals surface area contributed by atoms with Gasteiger partial charge in [0.25, 0.3) is 0 Å². The SMILES string of the molecule is O=Cc1cc(F)ccc1OCc1ccnc2ccccc12. The topological polar surface area (TPSA) is 39.2 Å². The van der Waals surface area contributed by atoms with E-state index in [2.05, 4.69) is 4.98 Å². The van der Waals surface area contributed by atoms with Gasteiger partial charge in [-0.1, -0.05) is 18.2 Å². The van der Waals surface area contributed by atoms with E-state index >= 15 is 0 Å². The first-order valence-electron chi connectivity index (χ1n) is 6.48. The lowest BCUT2D eigenvalue weighted by atomic mass is 10.1. The zero-order valence-corrected chi connectivity index (χ0v) is 11.1. The minimum absolute atomic E-state index is 0.202. The van der Waals surface area contributed by atoms with Gasteiger partial charge in [-0.2, -0.15) is 0 Å². The minimum Gasteiger partial charge on any atom is -0.488 e. The fourth-order valence-electron chi connectivity index (χ4n) is 2.18. The van der Waals surface area contributed by atoms with E-state index in [1.807, 2.05) is 30.3 Å². The average Bonchev–Trinajstić information content (AvgIpc) is 2.53. The molecule has 0 unspecified atom stereocenters. The predicted molar refractivity (Wildman–Crippen MR) is 77.9 cm³/mol. The standard InChI is InChI=1S/C17H12FNO2/c18-14-5-6-17(13(9-14)10-20)21-11-12-7-8-19-16-4-2-1-3-15(12)16/h1-10H,11H2. The first-order chi connectivity index (χ1) is 10.3. The highest BCUT2D eigenvalue weighted by Gasteiger charge is 2.07. The molecule has 0 aliphatic rings. The van der Waals surface area contributed by atoms with Gasteiger partial charge in [0, 0.05) is 17.1 Å². The van der Waals surface area contributed by atoms with Crippen molar-refractivity contribution in [3.8, 4) is 5.75 Å². The van der Waals surface area contributed by atoms with Gasteiger partial charge in [0.2, 0.25) is 0 Å². The zero-order chi connectivity index (χ0) is 14.7. The molecule has 1 aromatic heterocycles.